The van der Waals surface area contributed by atoms with Crippen molar-refractivity contribution in [3.8, 4) is 0 Å². The molecule has 6 nitrogen and oxygen atoms in total. The van der Waals surface area contributed by atoms with Crippen LogP contribution in [0.1, 0.15) is 27.7 Å². The van der Waals surface area contributed by atoms with Gasteiger partial charge in [0.05, 0.1) is 11.4 Å². The first kappa shape index (κ1) is 16.6. The number of rotatable bonds is 2. The van der Waals surface area contributed by atoms with Gasteiger partial charge in [0, 0.05) is 12.5 Å². The second-order valence-corrected chi connectivity index (χ2v) is 9.63. The number of alkyl halides is 1. The van der Waals surface area contributed by atoms with Crippen LogP contribution in [0.3, 0.4) is 0 Å². The number of fused-ring (bicyclic) bond motifs is 1. The molecule has 0 radical (unpaired) electrons. The Hall–Kier alpha value is -0.730. The molecule has 0 unspecified atom stereocenters. The number of amides is 1. The minimum atomic E-state index is -3.61. The standard InChI is InChI=1S/C13H18BrNO5S/c1-7-6-21(18,19)11-13(14,20-5)10(17)15(11)8(7)9(16)12(2,3)4/h11H,6H2,1-5H3/t11-,13+/m1/s1. The van der Waals surface area contributed by atoms with Gasteiger partial charge in [0.15, 0.2) is 21.0 Å². The van der Waals surface area contributed by atoms with E-state index < -0.39 is 31.0 Å². The molecule has 21 heavy (non-hydrogen) atoms. The van der Waals surface area contributed by atoms with Crippen molar-refractivity contribution in [1.29, 1.82) is 0 Å². The zero-order valence-corrected chi connectivity index (χ0v) is 15.0. The maximum atomic E-state index is 12.6. The Morgan fingerprint density at radius 1 is 1.43 bits per heavy atom. The van der Waals surface area contributed by atoms with Crippen LogP contribution in [0.25, 0.3) is 0 Å². The number of Topliss-reactive ketones (excluding diaryl/α,β-unsaturated/α-hetero) is 1. The molecule has 2 aliphatic rings. The second-order valence-electron chi connectivity index (χ2n) is 6.39. The maximum absolute atomic E-state index is 12.6. The number of hydrogen-bond donors (Lipinski definition) is 0. The van der Waals surface area contributed by atoms with Crippen molar-refractivity contribution < 1.29 is 22.7 Å². The summed E-state index contributed by atoms with van der Waals surface area (Å²) in [5.41, 5.74) is -0.134. The number of β-lactam (4-membered cyclic amide) rings is 1. The van der Waals surface area contributed by atoms with Gasteiger partial charge in [0.2, 0.25) is 4.51 Å². The summed E-state index contributed by atoms with van der Waals surface area (Å²) in [6.07, 6.45) is 0. The summed E-state index contributed by atoms with van der Waals surface area (Å²) in [6.45, 7) is 6.77. The van der Waals surface area contributed by atoms with Gasteiger partial charge in [-0.2, -0.15) is 0 Å². The number of halogens is 1. The number of carbonyl (C=O) groups excluding carboxylic acids is 2. The number of ketones is 1. The quantitative estimate of drug-likeness (QED) is 0.532. The van der Waals surface area contributed by atoms with E-state index in [1.54, 1.807) is 27.7 Å². The molecule has 1 amide bonds. The molecule has 0 aliphatic carbocycles. The summed E-state index contributed by atoms with van der Waals surface area (Å²) < 4.78 is 28.1. The van der Waals surface area contributed by atoms with Crippen LogP contribution in [0.5, 0.6) is 0 Å². The Balaban J connectivity index is 2.60. The molecule has 0 bridgehead atoms. The minimum absolute atomic E-state index is 0.180. The number of methoxy groups -OCH3 is 1. The van der Waals surface area contributed by atoms with Crippen LogP contribution in [0, 0.1) is 5.41 Å². The number of sulfone groups is 1. The Morgan fingerprint density at radius 3 is 2.38 bits per heavy atom. The van der Waals surface area contributed by atoms with Gasteiger partial charge in [0.25, 0.3) is 5.91 Å². The average Bonchev–Trinajstić information content (AvgIpc) is 2.33. The fourth-order valence-corrected chi connectivity index (χ4v) is 5.92. The van der Waals surface area contributed by atoms with Gasteiger partial charge in [-0.25, -0.2) is 8.42 Å². The molecule has 0 aromatic heterocycles. The van der Waals surface area contributed by atoms with E-state index in [-0.39, 0.29) is 17.2 Å². The van der Waals surface area contributed by atoms with Crippen molar-refractivity contribution in [3.63, 3.8) is 0 Å². The number of nitrogens with zero attached hydrogens (tertiary/aromatic N) is 1. The predicted molar refractivity (Wildman–Crippen MR) is 80.2 cm³/mol. The molecule has 0 aromatic rings. The fourth-order valence-electron chi connectivity index (χ4n) is 2.59. The lowest BCUT2D eigenvalue weighted by Crippen LogP contribution is -2.76. The number of carbonyl (C=O) groups is 2. The van der Waals surface area contributed by atoms with Gasteiger partial charge in [-0.15, -0.1) is 0 Å². The van der Waals surface area contributed by atoms with Crippen LogP contribution in [0.4, 0.5) is 0 Å². The van der Waals surface area contributed by atoms with Crippen molar-refractivity contribution in [2.75, 3.05) is 12.9 Å². The lowest BCUT2D eigenvalue weighted by Gasteiger charge is -2.53. The highest BCUT2D eigenvalue weighted by molar-refractivity contribution is 9.10. The zero-order chi connectivity index (χ0) is 16.4. The van der Waals surface area contributed by atoms with E-state index in [4.69, 9.17) is 4.74 Å². The first-order valence-electron chi connectivity index (χ1n) is 6.41. The molecular formula is C13H18BrNO5S. The van der Waals surface area contributed by atoms with E-state index in [1.165, 1.54) is 7.11 Å². The third-order valence-corrected chi connectivity index (χ3v) is 7.12. The minimum Gasteiger partial charge on any atom is -0.355 e. The van der Waals surface area contributed by atoms with Gasteiger partial charge in [-0.3, -0.25) is 14.5 Å². The van der Waals surface area contributed by atoms with Crippen LogP contribution in [0.2, 0.25) is 0 Å². The summed E-state index contributed by atoms with van der Waals surface area (Å²) in [5.74, 6) is -1.07. The fraction of sp³-hybridized carbons (Fsp3) is 0.692. The lowest BCUT2D eigenvalue weighted by atomic mass is 9.86. The van der Waals surface area contributed by atoms with Gasteiger partial charge in [-0.1, -0.05) is 20.8 Å². The van der Waals surface area contributed by atoms with Crippen LogP contribution >= 0.6 is 15.9 Å². The van der Waals surface area contributed by atoms with Crippen molar-refractivity contribution in [2.24, 2.45) is 5.41 Å². The van der Waals surface area contributed by atoms with Crippen LogP contribution < -0.4 is 0 Å². The first-order valence-corrected chi connectivity index (χ1v) is 8.92. The summed E-state index contributed by atoms with van der Waals surface area (Å²) in [6, 6.07) is 0. The van der Waals surface area contributed by atoms with Gasteiger partial charge in [-0.05, 0) is 28.4 Å². The van der Waals surface area contributed by atoms with Crippen LogP contribution in [-0.2, 0) is 24.2 Å². The second kappa shape index (κ2) is 4.63. The van der Waals surface area contributed by atoms with Crippen LogP contribution in [0.15, 0.2) is 11.3 Å². The highest BCUT2D eigenvalue weighted by atomic mass is 79.9. The lowest BCUT2D eigenvalue weighted by molar-refractivity contribution is -0.165. The molecular weight excluding hydrogens is 362 g/mol. The first-order chi connectivity index (χ1) is 9.38. The average molecular weight is 380 g/mol. The summed E-state index contributed by atoms with van der Waals surface area (Å²) >= 11 is 3.07. The highest BCUT2D eigenvalue weighted by Gasteiger charge is 2.69. The van der Waals surface area contributed by atoms with Gasteiger partial charge < -0.3 is 4.74 Å². The van der Waals surface area contributed by atoms with E-state index >= 15 is 0 Å². The van der Waals surface area contributed by atoms with Crippen molar-refractivity contribution in [2.45, 2.75) is 37.6 Å². The molecule has 2 atom stereocenters. The molecule has 0 aromatic carbocycles. The zero-order valence-electron chi connectivity index (χ0n) is 12.6. The Kier molecular flexibility index (Phi) is 3.67. The summed E-state index contributed by atoms with van der Waals surface area (Å²) in [5, 5.41) is -1.20. The molecule has 2 aliphatic heterocycles. The summed E-state index contributed by atoms with van der Waals surface area (Å²) in [7, 11) is -2.35. The number of allylic oxidation sites excluding steroid dienone is 1. The number of hydrogen-bond acceptors (Lipinski definition) is 5. The van der Waals surface area contributed by atoms with Gasteiger partial charge in [0.1, 0.15) is 0 Å². The van der Waals surface area contributed by atoms with E-state index in [1.807, 2.05) is 0 Å². The molecule has 8 heteroatoms. The van der Waals surface area contributed by atoms with Crippen LogP contribution in [-0.4, -0.2) is 47.8 Å². The molecule has 1 saturated heterocycles. The highest BCUT2D eigenvalue weighted by Crippen LogP contribution is 2.49. The molecule has 0 spiro atoms. The smallest absolute Gasteiger partial charge is 0.275 e. The topological polar surface area (TPSA) is 80.8 Å². The summed E-state index contributed by atoms with van der Waals surface area (Å²) in [4.78, 5) is 26.0. The van der Waals surface area contributed by atoms with E-state index in [0.717, 1.165) is 4.90 Å². The van der Waals surface area contributed by atoms with Crippen molar-refractivity contribution in [3.05, 3.63) is 11.3 Å². The SMILES string of the molecule is CO[C@@]1(Br)C(=O)N2C(C(=O)C(C)(C)C)=C(C)CS(=O)(=O)[C@@H]21. The Bertz CT molecular complexity index is 661. The molecule has 2 heterocycles. The third-order valence-electron chi connectivity index (χ3n) is 3.66. The predicted octanol–water partition coefficient (Wildman–Crippen LogP) is 1.21. The van der Waals surface area contributed by atoms with E-state index in [2.05, 4.69) is 15.9 Å². The third kappa shape index (κ3) is 2.19. The molecule has 0 N–H and O–H groups in total. The molecule has 2 rings (SSSR count). The van der Waals surface area contributed by atoms with Crippen molar-refractivity contribution >= 4 is 37.5 Å². The maximum Gasteiger partial charge on any atom is 0.275 e. The van der Waals surface area contributed by atoms with E-state index in [0.29, 0.717) is 5.57 Å². The molecule has 1 fully saturated rings. The molecule has 118 valence electrons. The Labute approximate surface area is 132 Å². The Morgan fingerprint density at radius 2 is 1.95 bits per heavy atom. The largest absolute Gasteiger partial charge is 0.355 e. The molecule has 0 saturated carbocycles. The van der Waals surface area contributed by atoms with E-state index in [9.17, 15) is 18.0 Å². The normalized spacial score (nSPS) is 31.8. The number of ether oxygens (including phenoxy) is 1. The van der Waals surface area contributed by atoms with Crippen molar-refractivity contribution in [1.82, 2.24) is 4.90 Å². The van der Waals surface area contributed by atoms with Gasteiger partial charge >= 0.3 is 0 Å². The monoisotopic (exact) mass is 379 g/mol.